The summed E-state index contributed by atoms with van der Waals surface area (Å²) < 4.78 is 4.76. The van der Waals surface area contributed by atoms with E-state index in [1.807, 2.05) is 0 Å². The lowest BCUT2D eigenvalue weighted by Crippen LogP contribution is -2.63. The minimum absolute atomic E-state index is 0.296. The molecule has 4 N–H and O–H groups in total. The summed E-state index contributed by atoms with van der Waals surface area (Å²) in [5.74, 6) is -2.63. The van der Waals surface area contributed by atoms with E-state index in [-0.39, 0.29) is 5.92 Å². The first-order valence-electron chi connectivity index (χ1n) is 6.21. The number of hydrogen-bond acceptors (Lipinski definition) is 6. The van der Waals surface area contributed by atoms with Gasteiger partial charge in [0.1, 0.15) is 12.1 Å². The Balaban J connectivity index is 3.01. The van der Waals surface area contributed by atoms with Crippen molar-refractivity contribution in [3.63, 3.8) is 0 Å². The average Bonchev–Trinajstić information content (AvgIpc) is 2.60. The van der Waals surface area contributed by atoms with Gasteiger partial charge >= 0.3 is 5.97 Å². The van der Waals surface area contributed by atoms with E-state index in [1.54, 1.807) is 13.8 Å². The largest absolute Gasteiger partial charge is 0.494 e. The zero-order valence-electron chi connectivity index (χ0n) is 11.5. The van der Waals surface area contributed by atoms with Crippen LogP contribution in [-0.2, 0) is 14.3 Å². The zero-order chi connectivity index (χ0) is 15.7. The molecule has 0 aromatic heterocycles. The van der Waals surface area contributed by atoms with E-state index in [2.05, 4.69) is 17.5 Å². The first kappa shape index (κ1) is 16.8. The molecule has 8 heteroatoms. The number of aliphatic hydroxyl groups is 3. The molecule has 0 bridgehead atoms. The van der Waals surface area contributed by atoms with Gasteiger partial charge in [-0.05, 0) is 18.1 Å². The molecular weight excluding hydrogens is 286 g/mol. The van der Waals surface area contributed by atoms with Crippen LogP contribution >= 0.6 is 12.2 Å². The highest BCUT2D eigenvalue weighted by molar-refractivity contribution is 7.81. The van der Waals surface area contributed by atoms with Crippen molar-refractivity contribution in [2.75, 3.05) is 6.61 Å². The van der Waals surface area contributed by atoms with E-state index >= 15 is 0 Å². The number of nitrogens with one attached hydrogen (secondary N) is 1. The molecule has 20 heavy (non-hydrogen) atoms. The van der Waals surface area contributed by atoms with Crippen molar-refractivity contribution in [2.24, 2.45) is 11.8 Å². The highest BCUT2D eigenvalue weighted by atomic mass is 32.1. The quantitative estimate of drug-likeness (QED) is 0.401. The van der Waals surface area contributed by atoms with E-state index < -0.39 is 47.2 Å². The normalized spacial score (nSPS) is 31.0. The second-order valence-electron chi connectivity index (χ2n) is 5.33. The maximum Gasteiger partial charge on any atom is 0.385 e. The molecule has 0 aliphatic carbocycles. The second-order valence-corrected chi connectivity index (χ2v) is 5.72. The molecule has 1 amide bonds. The summed E-state index contributed by atoms with van der Waals surface area (Å²) in [7, 11) is 0. The standard InChI is InChI=1S/C12H19NO6S/c1-5(2)7(14)12(4-19-10(17)11(18)20)8(15)6(3)9(16)13-12/h5-8,14-15H,4H2,1-3H3,(H,13,16)(H,18,20). The summed E-state index contributed by atoms with van der Waals surface area (Å²) in [6, 6.07) is 0. The van der Waals surface area contributed by atoms with Crippen LogP contribution in [0.15, 0.2) is 0 Å². The molecule has 114 valence electrons. The Kier molecular flexibility index (Phi) is 5.06. The molecule has 0 saturated carbocycles. The van der Waals surface area contributed by atoms with Gasteiger partial charge in [0.05, 0.1) is 18.1 Å². The van der Waals surface area contributed by atoms with Crippen LogP contribution in [0, 0.1) is 11.8 Å². The molecule has 0 spiro atoms. The summed E-state index contributed by atoms with van der Waals surface area (Å²) in [4.78, 5) is 22.9. The molecule has 4 unspecified atom stereocenters. The molecule has 4 atom stereocenters. The Hall–Kier alpha value is -1.25. The number of aliphatic hydroxyl groups excluding tert-OH is 3. The van der Waals surface area contributed by atoms with Gasteiger partial charge in [-0.15, -0.1) is 0 Å². The van der Waals surface area contributed by atoms with Gasteiger partial charge in [0, 0.05) is 0 Å². The van der Waals surface area contributed by atoms with E-state index in [4.69, 9.17) is 9.84 Å². The summed E-state index contributed by atoms with van der Waals surface area (Å²) in [5.41, 5.74) is -1.51. The maximum absolute atomic E-state index is 11.7. The highest BCUT2D eigenvalue weighted by Gasteiger charge is 2.56. The SMILES string of the molecule is CC(C)C(O)C1(COC(=O)C(O)=S)NC(=O)C(C)C1O. The molecular formula is C12H19NO6S. The van der Waals surface area contributed by atoms with Gasteiger partial charge in [0.15, 0.2) is 0 Å². The summed E-state index contributed by atoms with van der Waals surface area (Å²) in [6.07, 6.45) is -2.36. The average molecular weight is 305 g/mol. The van der Waals surface area contributed by atoms with Gasteiger partial charge in [-0.1, -0.05) is 20.8 Å². The van der Waals surface area contributed by atoms with Crippen LogP contribution in [-0.4, -0.2) is 56.6 Å². The van der Waals surface area contributed by atoms with Crippen LogP contribution in [0.3, 0.4) is 0 Å². The van der Waals surface area contributed by atoms with Gasteiger partial charge in [0.25, 0.3) is 5.05 Å². The topological polar surface area (TPSA) is 116 Å². The number of rotatable bonds is 4. The van der Waals surface area contributed by atoms with Crippen molar-refractivity contribution >= 4 is 29.1 Å². The molecule has 0 aromatic rings. The first-order valence-corrected chi connectivity index (χ1v) is 6.62. The molecule has 1 fully saturated rings. The van der Waals surface area contributed by atoms with Crippen molar-refractivity contribution in [1.82, 2.24) is 5.32 Å². The molecule has 1 aliphatic heterocycles. The number of carbonyl (C=O) groups is 2. The number of esters is 1. The fourth-order valence-electron chi connectivity index (χ4n) is 2.30. The third-order valence-corrected chi connectivity index (χ3v) is 3.71. The lowest BCUT2D eigenvalue weighted by Gasteiger charge is -2.38. The summed E-state index contributed by atoms with van der Waals surface area (Å²) in [6.45, 7) is 4.43. The van der Waals surface area contributed by atoms with Crippen molar-refractivity contribution in [3.05, 3.63) is 0 Å². The van der Waals surface area contributed by atoms with Gasteiger partial charge in [-0.2, -0.15) is 0 Å². The van der Waals surface area contributed by atoms with E-state index in [1.165, 1.54) is 6.92 Å². The lowest BCUT2D eigenvalue weighted by atomic mass is 9.80. The fraction of sp³-hybridized carbons (Fsp3) is 0.750. The van der Waals surface area contributed by atoms with Crippen LogP contribution in [0.25, 0.3) is 0 Å². The van der Waals surface area contributed by atoms with Crippen molar-refractivity contribution in [1.29, 1.82) is 0 Å². The maximum atomic E-state index is 11.7. The van der Waals surface area contributed by atoms with Gasteiger partial charge in [-0.25, -0.2) is 4.79 Å². The Bertz CT molecular complexity index is 426. The first-order chi connectivity index (χ1) is 9.13. The van der Waals surface area contributed by atoms with Gasteiger partial charge in [0.2, 0.25) is 5.91 Å². The zero-order valence-corrected chi connectivity index (χ0v) is 12.3. The van der Waals surface area contributed by atoms with Crippen LogP contribution in [0.4, 0.5) is 0 Å². The number of thiocarbonyl (C=S) groups is 1. The van der Waals surface area contributed by atoms with Crippen molar-refractivity contribution in [3.8, 4) is 0 Å². The molecule has 0 radical (unpaired) electrons. The molecule has 7 nitrogen and oxygen atoms in total. The molecule has 1 rings (SSSR count). The van der Waals surface area contributed by atoms with Gasteiger partial charge in [-0.3, -0.25) is 4.79 Å². The Morgan fingerprint density at radius 1 is 1.55 bits per heavy atom. The molecule has 1 heterocycles. The Morgan fingerprint density at radius 2 is 2.10 bits per heavy atom. The van der Waals surface area contributed by atoms with Crippen LogP contribution < -0.4 is 5.32 Å². The summed E-state index contributed by atoms with van der Waals surface area (Å²) >= 11 is 4.26. The predicted molar refractivity (Wildman–Crippen MR) is 73.1 cm³/mol. The van der Waals surface area contributed by atoms with E-state index in [9.17, 15) is 19.8 Å². The smallest absolute Gasteiger partial charge is 0.385 e. The van der Waals surface area contributed by atoms with Crippen molar-refractivity contribution in [2.45, 2.75) is 38.5 Å². The molecule has 1 aliphatic rings. The Labute approximate surface area is 121 Å². The highest BCUT2D eigenvalue weighted by Crippen LogP contribution is 2.32. The number of hydrogen-bond donors (Lipinski definition) is 4. The van der Waals surface area contributed by atoms with Crippen LogP contribution in [0.1, 0.15) is 20.8 Å². The van der Waals surface area contributed by atoms with E-state index in [0.29, 0.717) is 0 Å². The number of amides is 1. The third-order valence-electron chi connectivity index (χ3n) is 3.55. The predicted octanol–water partition coefficient (Wildman–Crippen LogP) is -0.702. The van der Waals surface area contributed by atoms with E-state index in [0.717, 1.165) is 0 Å². The van der Waals surface area contributed by atoms with Crippen LogP contribution in [0.5, 0.6) is 0 Å². The Morgan fingerprint density at radius 3 is 2.45 bits per heavy atom. The lowest BCUT2D eigenvalue weighted by molar-refractivity contribution is -0.145. The fourth-order valence-corrected chi connectivity index (χ4v) is 2.36. The summed E-state index contributed by atoms with van der Waals surface area (Å²) in [5, 5.41) is 30.9. The second kappa shape index (κ2) is 6.02. The van der Waals surface area contributed by atoms with Gasteiger partial charge < -0.3 is 25.4 Å². The minimum atomic E-state index is -1.51. The van der Waals surface area contributed by atoms with Crippen LogP contribution in [0.2, 0.25) is 0 Å². The number of carbonyl (C=O) groups excluding carboxylic acids is 2. The third kappa shape index (κ3) is 2.92. The van der Waals surface area contributed by atoms with Crippen molar-refractivity contribution < 1.29 is 29.6 Å². The monoisotopic (exact) mass is 305 g/mol. The number of ether oxygens (including phenoxy) is 1. The molecule has 0 aromatic carbocycles. The minimum Gasteiger partial charge on any atom is -0.494 e. The molecule has 1 saturated heterocycles.